The van der Waals surface area contributed by atoms with Gasteiger partial charge >= 0.3 is 0 Å². The van der Waals surface area contributed by atoms with Gasteiger partial charge in [0.05, 0.1) is 5.41 Å². The summed E-state index contributed by atoms with van der Waals surface area (Å²) in [5, 5.41) is 0. The van der Waals surface area contributed by atoms with Crippen molar-refractivity contribution in [3.63, 3.8) is 0 Å². The van der Waals surface area contributed by atoms with Gasteiger partial charge in [0, 0.05) is 12.7 Å². The zero-order valence-corrected chi connectivity index (χ0v) is 26.1. The van der Waals surface area contributed by atoms with Crippen LogP contribution in [0.25, 0.3) is 5.57 Å². The van der Waals surface area contributed by atoms with Crippen LogP contribution < -0.4 is 0 Å². The molecule has 1 aromatic rings. The largest absolute Gasteiger partial charge is 0.0991 e. The molecule has 0 aromatic heterocycles. The molecule has 0 heterocycles. The lowest BCUT2D eigenvalue weighted by Gasteiger charge is -2.35. The van der Waals surface area contributed by atoms with Crippen LogP contribution in [0.5, 0.6) is 0 Å². The summed E-state index contributed by atoms with van der Waals surface area (Å²) in [4.78, 5) is 0. The van der Waals surface area contributed by atoms with Crippen molar-refractivity contribution in [1.29, 1.82) is 0 Å². The van der Waals surface area contributed by atoms with Crippen LogP contribution in [0.3, 0.4) is 0 Å². The van der Waals surface area contributed by atoms with Gasteiger partial charge in [0.25, 0.3) is 0 Å². The lowest BCUT2D eigenvalue weighted by atomic mass is 9.65. The fraction of sp³-hybridized carbons (Fsp3) is 0.143. The molecular weight excluding hydrogens is 674 g/mol. The van der Waals surface area contributed by atoms with Crippen LogP contribution in [0.4, 0.5) is 0 Å². The van der Waals surface area contributed by atoms with Gasteiger partial charge in [-0.3, -0.25) is 0 Å². The standard InChI is InChI=1S/C35H32I2/c1-8-11-14-27-25(7)32-31(37)21-23(5)18-17-22(4)19-20-24(6)34(32)35(27)28(13-9-2)26(10-3)33-29(35)15-12-16-30(33)36/h8-22H,1,3,5-6H2,2,4,7H3/b13-9-,14-11-,18-17-,20-19-,31-21?. The molecule has 0 fully saturated rings. The average Bonchev–Trinajstić information content (AvgIpc) is 3.29. The first-order valence-corrected chi connectivity index (χ1v) is 14.6. The number of rotatable bonds is 4. The molecule has 2 atom stereocenters. The Balaban J connectivity index is 2.28. The van der Waals surface area contributed by atoms with Gasteiger partial charge in [-0.1, -0.05) is 106 Å². The van der Waals surface area contributed by atoms with E-state index in [1.54, 1.807) is 0 Å². The number of halogens is 2. The number of benzene rings is 1. The van der Waals surface area contributed by atoms with Crippen molar-refractivity contribution in [2.24, 2.45) is 5.92 Å². The molecule has 2 heteroatoms. The third-order valence-electron chi connectivity index (χ3n) is 7.21. The molecule has 1 aromatic carbocycles. The summed E-state index contributed by atoms with van der Waals surface area (Å²) in [6, 6.07) is 6.63. The Kier molecular flexibility index (Phi) is 8.29. The van der Waals surface area contributed by atoms with Crippen molar-refractivity contribution in [2.45, 2.75) is 26.2 Å². The highest BCUT2D eigenvalue weighted by molar-refractivity contribution is 14.1. The minimum atomic E-state index is -0.525. The van der Waals surface area contributed by atoms with Gasteiger partial charge in [-0.2, -0.15) is 0 Å². The van der Waals surface area contributed by atoms with Crippen molar-refractivity contribution < 1.29 is 0 Å². The topological polar surface area (TPSA) is 0 Å². The zero-order chi connectivity index (χ0) is 26.9. The van der Waals surface area contributed by atoms with E-state index >= 15 is 0 Å². The second-order valence-electron chi connectivity index (χ2n) is 9.50. The van der Waals surface area contributed by atoms with Gasteiger partial charge in [-0.05, 0) is 127 Å². The predicted octanol–water partition coefficient (Wildman–Crippen LogP) is 10.6. The summed E-state index contributed by atoms with van der Waals surface area (Å²) in [6.07, 6.45) is 23.5. The summed E-state index contributed by atoms with van der Waals surface area (Å²) in [5.41, 5.74) is 11.3. The number of hydrogen-bond donors (Lipinski definition) is 0. The Bertz CT molecular complexity index is 1470. The second kappa shape index (κ2) is 11.1. The van der Waals surface area contributed by atoms with E-state index < -0.39 is 5.41 Å². The Morgan fingerprint density at radius 2 is 1.73 bits per heavy atom. The SMILES string of the molecule is C=C/C=C\C1=C(C)C2=C(C(=C)/C=C\C(C)/C=C\C(=C)C=C2I)C12C(/C=C\C)=C(C=C)c1c(I)cccc12. The van der Waals surface area contributed by atoms with Gasteiger partial charge < -0.3 is 0 Å². The van der Waals surface area contributed by atoms with E-state index in [9.17, 15) is 0 Å². The lowest BCUT2D eigenvalue weighted by molar-refractivity contribution is 0.762. The van der Waals surface area contributed by atoms with E-state index in [1.807, 2.05) is 12.2 Å². The molecule has 186 valence electrons. The summed E-state index contributed by atoms with van der Waals surface area (Å²) in [7, 11) is 0. The van der Waals surface area contributed by atoms with E-state index in [4.69, 9.17) is 6.58 Å². The normalized spacial score (nSPS) is 25.6. The molecule has 3 aliphatic rings. The molecule has 0 bridgehead atoms. The van der Waals surface area contributed by atoms with Crippen LogP contribution in [0.2, 0.25) is 0 Å². The summed E-state index contributed by atoms with van der Waals surface area (Å²) >= 11 is 4.95. The molecule has 0 amide bonds. The molecular formula is C35H32I2. The monoisotopic (exact) mass is 706 g/mol. The van der Waals surface area contributed by atoms with Gasteiger partial charge in [0.15, 0.2) is 0 Å². The van der Waals surface area contributed by atoms with E-state index in [0.29, 0.717) is 0 Å². The van der Waals surface area contributed by atoms with Crippen LogP contribution in [0, 0.1) is 9.49 Å². The van der Waals surface area contributed by atoms with Crippen molar-refractivity contribution in [3.05, 3.63) is 169 Å². The predicted molar refractivity (Wildman–Crippen MR) is 180 cm³/mol. The van der Waals surface area contributed by atoms with Gasteiger partial charge in [0.2, 0.25) is 0 Å². The smallest absolute Gasteiger partial charge is 0.0728 e. The molecule has 3 aliphatic carbocycles. The summed E-state index contributed by atoms with van der Waals surface area (Å²) < 4.78 is 2.38. The molecule has 0 saturated heterocycles. The Morgan fingerprint density at radius 1 is 1.00 bits per heavy atom. The van der Waals surface area contributed by atoms with Gasteiger partial charge in [-0.25, -0.2) is 0 Å². The molecule has 0 aliphatic heterocycles. The van der Waals surface area contributed by atoms with Gasteiger partial charge in [0.1, 0.15) is 0 Å². The van der Waals surface area contributed by atoms with Crippen LogP contribution in [0.15, 0.2) is 154 Å². The second-order valence-corrected chi connectivity index (χ2v) is 11.8. The maximum Gasteiger partial charge on any atom is 0.0728 e. The number of hydrogen-bond acceptors (Lipinski definition) is 0. The summed E-state index contributed by atoms with van der Waals surface area (Å²) in [6.45, 7) is 23.8. The molecule has 0 radical (unpaired) electrons. The minimum absolute atomic E-state index is 0.263. The van der Waals surface area contributed by atoms with Crippen LogP contribution in [0.1, 0.15) is 31.9 Å². The van der Waals surface area contributed by atoms with Crippen molar-refractivity contribution in [2.75, 3.05) is 0 Å². The molecule has 2 unspecified atom stereocenters. The molecule has 4 rings (SSSR count). The molecule has 1 spiro atoms. The highest BCUT2D eigenvalue weighted by Crippen LogP contribution is 2.64. The Hall–Kier alpha value is -2.44. The highest BCUT2D eigenvalue weighted by atomic mass is 127. The van der Waals surface area contributed by atoms with E-state index in [-0.39, 0.29) is 5.92 Å². The van der Waals surface area contributed by atoms with Crippen LogP contribution in [-0.4, -0.2) is 0 Å². The van der Waals surface area contributed by atoms with Gasteiger partial charge in [-0.15, -0.1) is 0 Å². The van der Waals surface area contributed by atoms with Crippen LogP contribution in [-0.2, 0) is 5.41 Å². The quantitative estimate of drug-likeness (QED) is 0.216. The maximum atomic E-state index is 4.69. The minimum Gasteiger partial charge on any atom is -0.0991 e. The van der Waals surface area contributed by atoms with Crippen LogP contribution >= 0.6 is 45.2 Å². The molecule has 0 nitrogen and oxygen atoms in total. The third-order valence-corrected chi connectivity index (χ3v) is 8.96. The Morgan fingerprint density at radius 3 is 2.41 bits per heavy atom. The fourth-order valence-electron chi connectivity index (χ4n) is 5.76. The lowest BCUT2D eigenvalue weighted by Crippen LogP contribution is -2.30. The fourth-order valence-corrected chi connectivity index (χ4v) is 7.62. The first-order chi connectivity index (χ1) is 17.7. The van der Waals surface area contributed by atoms with E-state index in [2.05, 4.69) is 159 Å². The Labute approximate surface area is 249 Å². The molecule has 37 heavy (non-hydrogen) atoms. The number of fused-ring (bicyclic) bond motifs is 3. The highest BCUT2D eigenvalue weighted by Gasteiger charge is 2.54. The first-order valence-electron chi connectivity index (χ1n) is 12.4. The van der Waals surface area contributed by atoms with Crippen molar-refractivity contribution >= 4 is 50.8 Å². The summed E-state index contributed by atoms with van der Waals surface area (Å²) in [5.74, 6) is 0.263. The third kappa shape index (κ3) is 4.46. The van der Waals surface area contributed by atoms with Crippen molar-refractivity contribution in [1.82, 2.24) is 0 Å². The van der Waals surface area contributed by atoms with Crippen molar-refractivity contribution in [3.8, 4) is 0 Å². The van der Waals surface area contributed by atoms with E-state index in [1.165, 1.54) is 48.1 Å². The maximum absolute atomic E-state index is 4.69. The van der Waals surface area contributed by atoms with E-state index in [0.717, 1.165) is 14.7 Å². The molecule has 0 saturated carbocycles. The first kappa shape index (κ1) is 27.6. The number of allylic oxidation sites excluding steroid dienone is 20. The zero-order valence-electron chi connectivity index (χ0n) is 21.7. The average molecular weight is 706 g/mol. The molecule has 0 N–H and O–H groups in total.